The number of benzene rings is 2. The van der Waals surface area contributed by atoms with Crippen molar-refractivity contribution in [2.75, 3.05) is 12.4 Å². The molecule has 0 bridgehead atoms. The second-order valence-corrected chi connectivity index (χ2v) is 6.42. The maximum Gasteiger partial charge on any atom is 0.335 e. The quantitative estimate of drug-likeness (QED) is 0.885. The van der Waals surface area contributed by atoms with Crippen molar-refractivity contribution in [2.24, 2.45) is 0 Å². The number of carbonyl (C=O) groups is 1. The summed E-state index contributed by atoms with van der Waals surface area (Å²) < 4.78 is 29.5. The van der Waals surface area contributed by atoms with E-state index in [2.05, 4.69) is 0 Å². The summed E-state index contributed by atoms with van der Waals surface area (Å²) in [6.07, 6.45) is 0. The Bertz CT molecular complexity index is 705. The molecule has 0 aliphatic carbocycles. The lowest BCUT2D eigenvalue weighted by Gasteiger charge is -2.07. The van der Waals surface area contributed by atoms with Crippen LogP contribution >= 0.6 is 0 Å². The molecule has 0 aliphatic rings. The lowest BCUT2D eigenvalue weighted by Crippen LogP contribution is -2.14. The summed E-state index contributed by atoms with van der Waals surface area (Å²) in [5.74, 6) is -0.658. The van der Waals surface area contributed by atoms with Gasteiger partial charge in [0.25, 0.3) is 0 Å². The summed E-state index contributed by atoms with van der Waals surface area (Å²) in [6, 6.07) is 14.1. The molecule has 2 rings (SSSR count). The fraction of sp³-hybridized carbons (Fsp3) is 0.133. The van der Waals surface area contributed by atoms with Gasteiger partial charge in [0.15, 0.2) is 9.84 Å². The molecule has 0 amide bonds. The van der Waals surface area contributed by atoms with Crippen molar-refractivity contribution in [2.45, 2.75) is 4.90 Å². The smallest absolute Gasteiger partial charge is 0.335 e. The topological polar surface area (TPSA) is 80.7 Å². The van der Waals surface area contributed by atoms with Crippen LogP contribution in [0.5, 0.6) is 5.75 Å². The Morgan fingerprint density at radius 3 is 2.19 bits per heavy atom. The molecule has 0 saturated heterocycles. The van der Waals surface area contributed by atoms with Gasteiger partial charge in [-0.05, 0) is 36.4 Å². The molecule has 2 aromatic rings. The Morgan fingerprint density at radius 1 is 1.00 bits per heavy atom. The second-order valence-electron chi connectivity index (χ2n) is 4.31. The molecule has 0 radical (unpaired) electrons. The fourth-order valence-corrected chi connectivity index (χ4v) is 2.80. The van der Waals surface area contributed by atoms with Gasteiger partial charge in [0.1, 0.15) is 12.4 Å². The summed E-state index contributed by atoms with van der Waals surface area (Å²) in [5, 5.41) is 8.78. The van der Waals surface area contributed by atoms with Crippen LogP contribution in [0.2, 0.25) is 0 Å². The van der Waals surface area contributed by atoms with Crippen molar-refractivity contribution >= 4 is 15.8 Å². The molecule has 6 heteroatoms. The van der Waals surface area contributed by atoms with Crippen molar-refractivity contribution in [1.82, 2.24) is 0 Å². The first kappa shape index (κ1) is 15.1. The summed E-state index contributed by atoms with van der Waals surface area (Å²) in [4.78, 5) is 10.8. The Labute approximate surface area is 122 Å². The maximum atomic E-state index is 12.1. The molecular weight excluding hydrogens is 292 g/mol. The Hall–Kier alpha value is -2.34. The minimum atomic E-state index is -3.49. The number of hydrogen-bond donors (Lipinski definition) is 1. The Balaban J connectivity index is 2.00. The standard InChI is InChI=1S/C15H14O5S/c16-15(17)12-6-8-14(9-7-12)21(18,19)11-10-20-13-4-2-1-3-5-13/h1-9H,10-11H2,(H,16,17). The summed E-state index contributed by atoms with van der Waals surface area (Å²) >= 11 is 0. The number of hydrogen-bond acceptors (Lipinski definition) is 4. The first-order valence-electron chi connectivity index (χ1n) is 6.23. The van der Waals surface area contributed by atoms with Crippen LogP contribution in [-0.4, -0.2) is 31.9 Å². The molecule has 0 spiro atoms. The zero-order chi connectivity index (χ0) is 15.3. The first-order chi connectivity index (χ1) is 9.99. The van der Waals surface area contributed by atoms with Crippen LogP contribution in [0.4, 0.5) is 0 Å². The molecule has 0 heterocycles. The summed E-state index contributed by atoms with van der Waals surface area (Å²) in [7, 11) is -3.49. The highest BCUT2D eigenvalue weighted by molar-refractivity contribution is 7.91. The van der Waals surface area contributed by atoms with Gasteiger partial charge in [0.2, 0.25) is 0 Å². The molecule has 0 aliphatic heterocycles. The van der Waals surface area contributed by atoms with Crippen LogP contribution in [0.1, 0.15) is 10.4 Å². The third-order valence-corrected chi connectivity index (χ3v) is 4.52. The molecule has 0 aromatic heterocycles. The van der Waals surface area contributed by atoms with Gasteiger partial charge >= 0.3 is 5.97 Å². The van der Waals surface area contributed by atoms with Crippen molar-refractivity contribution in [3.05, 3.63) is 60.2 Å². The van der Waals surface area contributed by atoms with Crippen LogP contribution in [0, 0.1) is 0 Å². The van der Waals surface area contributed by atoms with E-state index in [1.165, 1.54) is 24.3 Å². The van der Waals surface area contributed by atoms with Crippen molar-refractivity contribution in [3.8, 4) is 5.75 Å². The van der Waals surface area contributed by atoms with Crippen LogP contribution in [0.15, 0.2) is 59.5 Å². The van der Waals surface area contributed by atoms with E-state index in [0.717, 1.165) is 0 Å². The van der Waals surface area contributed by atoms with Gasteiger partial charge in [-0.15, -0.1) is 0 Å². The van der Waals surface area contributed by atoms with Crippen molar-refractivity contribution in [1.29, 1.82) is 0 Å². The van der Waals surface area contributed by atoms with Gasteiger partial charge in [0.05, 0.1) is 16.2 Å². The minimum Gasteiger partial charge on any atom is -0.493 e. The van der Waals surface area contributed by atoms with E-state index in [1.54, 1.807) is 24.3 Å². The molecule has 0 atom stereocenters. The van der Waals surface area contributed by atoms with E-state index in [1.807, 2.05) is 6.07 Å². The van der Waals surface area contributed by atoms with Gasteiger partial charge in [-0.2, -0.15) is 0 Å². The lowest BCUT2D eigenvalue weighted by molar-refractivity contribution is 0.0696. The third-order valence-electron chi connectivity index (χ3n) is 2.82. The molecule has 0 fully saturated rings. The predicted molar refractivity (Wildman–Crippen MR) is 77.4 cm³/mol. The zero-order valence-electron chi connectivity index (χ0n) is 11.1. The van der Waals surface area contributed by atoms with E-state index in [9.17, 15) is 13.2 Å². The number of sulfone groups is 1. The number of para-hydroxylation sites is 1. The van der Waals surface area contributed by atoms with Crippen LogP contribution in [-0.2, 0) is 9.84 Å². The second kappa shape index (κ2) is 6.41. The summed E-state index contributed by atoms with van der Waals surface area (Å²) in [6.45, 7) is 0.0348. The predicted octanol–water partition coefficient (Wildman–Crippen LogP) is 2.24. The largest absolute Gasteiger partial charge is 0.493 e. The first-order valence-corrected chi connectivity index (χ1v) is 7.88. The van der Waals surface area contributed by atoms with Crippen molar-refractivity contribution in [3.63, 3.8) is 0 Å². The average Bonchev–Trinajstić information content (AvgIpc) is 2.48. The molecule has 0 unspecified atom stereocenters. The number of carboxylic acid groups (broad SMARTS) is 1. The van der Waals surface area contributed by atoms with Crippen LogP contribution < -0.4 is 4.74 Å². The fourth-order valence-electron chi connectivity index (χ4n) is 1.71. The van der Waals surface area contributed by atoms with Gasteiger partial charge in [0, 0.05) is 0 Å². The van der Waals surface area contributed by atoms with Gasteiger partial charge in [-0.1, -0.05) is 18.2 Å². The van der Waals surface area contributed by atoms with Gasteiger partial charge < -0.3 is 9.84 Å². The van der Waals surface area contributed by atoms with Gasteiger partial charge in [-0.3, -0.25) is 0 Å². The number of ether oxygens (including phenoxy) is 1. The highest BCUT2D eigenvalue weighted by atomic mass is 32.2. The highest BCUT2D eigenvalue weighted by Crippen LogP contribution is 2.14. The van der Waals surface area contributed by atoms with Crippen LogP contribution in [0.3, 0.4) is 0 Å². The summed E-state index contributed by atoms with van der Waals surface area (Å²) in [5.41, 5.74) is 0.0504. The number of aromatic carboxylic acids is 1. The van der Waals surface area contributed by atoms with E-state index < -0.39 is 15.8 Å². The SMILES string of the molecule is O=C(O)c1ccc(S(=O)(=O)CCOc2ccccc2)cc1. The minimum absolute atomic E-state index is 0.0348. The zero-order valence-corrected chi connectivity index (χ0v) is 11.9. The van der Waals surface area contributed by atoms with Crippen molar-refractivity contribution < 1.29 is 23.1 Å². The van der Waals surface area contributed by atoms with E-state index in [-0.39, 0.29) is 22.8 Å². The number of carboxylic acids is 1. The third kappa shape index (κ3) is 4.06. The Kier molecular flexibility index (Phi) is 4.59. The number of rotatable bonds is 6. The monoisotopic (exact) mass is 306 g/mol. The maximum absolute atomic E-state index is 12.1. The molecule has 0 saturated carbocycles. The molecule has 2 aromatic carbocycles. The Morgan fingerprint density at radius 2 is 1.62 bits per heavy atom. The van der Waals surface area contributed by atoms with Crippen LogP contribution in [0.25, 0.3) is 0 Å². The molecule has 21 heavy (non-hydrogen) atoms. The van der Waals surface area contributed by atoms with Gasteiger partial charge in [-0.25, -0.2) is 13.2 Å². The average molecular weight is 306 g/mol. The van der Waals surface area contributed by atoms with E-state index in [4.69, 9.17) is 9.84 Å². The normalized spacial score (nSPS) is 11.0. The molecule has 110 valence electrons. The van der Waals surface area contributed by atoms with E-state index in [0.29, 0.717) is 5.75 Å². The lowest BCUT2D eigenvalue weighted by atomic mass is 10.2. The molecule has 5 nitrogen and oxygen atoms in total. The van der Waals surface area contributed by atoms with E-state index >= 15 is 0 Å². The molecular formula is C15H14O5S. The molecule has 1 N–H and O–H groups in total. The highest BCUT2D eigenvalue weighted by Gasteiger charge is 2.15.